The van der Waals surface area contributed by atoms with Crippen LogP contribution >= 0.6 is 0 Å². The second-order valence-electron chi connectivity index (χ2n) is 5.81. The Labute approximate surface area is 162 Å². The van der Waals surface area contributed by atoms with E-state index in [0.29, 0.717) is 17.2 Å². The molecule has 0 aliphatic carbocycles. The number of aromatic nitrogens is 2. The predicted octanol–water partition coefficient (Wildman–Crippen LogP) is 1.70. The number of anilines is 2. The first-order chi connectivity index (χ1) is 12.7. The van der Waals surface area contributed by atoms with Gasteiger partial charge < -0.3 is 31.6 Å². The number of hydrogen-bond donors (Lipinski definition) is 1. The van der Waals surface area contributed by atoms with Gasteiger partial charge in [-0.05, 0) is 24.3 Å². The zero-order chi connectivity index (χ0) is 18.1. The minimum absolute atomic E-state index is 0. The molecule has 0 fully saturated rings. The number of hydrogen-bond acceptors (Lipinski definition) is 6. The second kappa shape index (κ2) is 7.72. The summed E-state index contributed by atoms with van der Waals surface area (Å²) < 4.78 is 16.7. The number of methoxy groups -OCH3 is 2. The summed E-state index contributed by atoms with van der Waals surface area (Å²) in [5.74, 6) is 2.74. The van der Waals surface area contributed by atoms with Gasteiger partial charge in [-0.25, -0.2) is 9.97 Å². The van der Waals surface area contributed by atoms with Gasteiger partial charge in [-0.2, -0.15) is 0 Å². The second-order valence-corrected chi connectivity index (χ2v) is 5.81. The molecular weight excluding hydrogens is 366 g/mol. The van der Waals surface area contributed by atoms with Crippen molar-refractivity contribution in [3.8, 4) is 11.5 Å². The molecule has 2 heterocycles. The van der Waals surface area contributed by atoms with Crippen LogP contribution in [0, 0.1) is 0 Å². The van der Waals surface area contributed by atoms with Crippen LogP contribution in [0.2, 0.25) is 0 Å². The molecule has 4 aromatic rings. The minimum atomic E-state index is 0. The lowest BCUT2D eigenvalue weighted by atomic mass is 10.2. The van der Waals surface area contributed by atoms with Crippen molar-refractivity contribution >= 4 is 33.6 Å². The van der Waals surface area contributed by atoms with Crippen LogP contribution in [-0.2, 0) is 6.42 Å². The Morgan fingerprint density at radius 1 is 1.04 bits per heavy atom. The summed E-state index contributed by atoms with van der Waals surface area (Å²) in [4.78, 5) is 9.28. The van der Waals surface area contributed by atoms with Crippen molar-refractivity contribution < 1.29 is 26.3 Å². The molecule has 0 bridgehead atoms. The van der Waals surface area contributed by atoms with Gasteiger partial charge in [0.1, 0.15) is 28.4 Å². The average Bonchev–Trinajstić information content (AvgIpc) is 3.07. The number of halogens is 1. The molecule has 0 aliphatic heterocycles. The lowest BCUT2D eigenvalue weighted by molar-refractivity contribution is -0.00000643. The number of furan rings is 1. The number of aryl methyl sites for hydroxylation is 1. The monoisotopic (exact) mass is 384 g/mol. The first kappa shape index (κ1) is 18.8. The Morgan fingerprint density at radius 2 is 1.85 bits per heavy atom. The zero-order valence-corrected chi connectivity index (χ0v) is 16.0. The third-order valence-electron chi connectivity index (χ3n) is 4.24. The first-order valence-electron chi connectivity index (χ1n) is 8.40. The lowest BCUT2D eigenvalue weighted by Crippen LogP contribution is -3.00. The number of nitrogens with zero attached hydrogens (tertiary/aromatic N) is 2. The van der Waals surface area contributed by atoms with E-state index in [4.69, 9.17) is 13.9 Å². The maximum atomic E-state index is 6.02. The predicted molar refractivity (Wildman–Crippen MR) is 102 cm³/mol. The van der Waals surface area contributed by atoms with E-state index in [0.717, 1.165) is 40.2 Å². The van der Waals surface area contributed by atoms with Crippen LogP contribution < -0.4 is 27.2 Å². The Balaban J connectivity index is 0.00000210. The largest absolute Gasteiger partial charge is 1.00 e. The normalized spacial score (nSPS) is 10.6. The molecule has 140 valence electrons. The highest BCUT2D eigenvalue weighted by Gasteiger charge is 2.16. The summed E-state index contributed by atoms with van der Waals surface area (Å²) >= 11 is 0. The molecule has 0 saturated heterocycles. The van der Waals surface area contributed by atoms with Crippen LogP contribution in [0.3, 0.4) is 0 Å². The van der Waals surface area contributed by atoms with E-state index in [2.05, 4.69) is 15.3 Å². The van der Waals surface area contributed by atoms with Crippen molar-refractivity contribution in [3.05, 3.63) is 48.3 Å². The Bertz CT molecular complexity index is 1090. The van der Waals surface area contributed by atoms with Crippen molar-refractivity contribution in [2.45, 2.75) is 13.3 Å². The maximum Gasteiger partial charge on any atom is 0.196 e. The van der Waals surface area contributed by atoms with Crippen LogP contribution in [0.15, 0.2) is 46.9 Å². The quantitative estimate of drug-likeness (QED) is 0.565. The molecule has 7 heteroatoms. The lowest BCUT2D eigenvalue weighted by Gasteiger charge is -2.12. The van der Waals surface area contributed by atoms with E-state index in [1.54, 1.807) is 14.2 Å². The number of nitrogens with one attached hydrogen (secondary N) is 1. The maximum absolute atomic E-state index is 6.02. The van der Waals surface area contributed by atoms with E-state index in [9.17, 15) is 0 Å². The topological polar surface area (TPSA) is 69.4 Å². The van der Waals surface area contributed by atoms with E-state index in [1.807, 2.05) is 49.4 Å². The zero-order valence-electron chi connectivity index (χ0n) is 15.2. The van der Waals surface area contributed by atoms with Crippen molar-refractivity contribution in [3.63, 3.8) is 0 Å². The van der Waals surface area contributed by atoms with Gasteiger partial charge in [-0.15, -0.1) is 0 Å². The van der Waals surface area contributed by atoms with Gasteiger partial charge >= 0.3 is 0 Å². The summed E-state index contributed by atoms with van der Waals surface area (Å²) in [7, 11) is 3.24. The van der Waals surface area contributed by atoms with Crippen molar-refractivity contribution in [1.29, 1.82) is 0 Å². The number of rotatable bonds is 5. The standard InChI is InChI=1S/C20H19N3O3.ClH/c1-4-17-22-18-13-7-5-6-8-15(13)26-19(18)20(23-17)21-14-10-9-12(24-2)11-16(14)25-3;/h5-11H,4H2,1-3H3,(H,21,22,23);1H/p-1. The van der Waals surface area contributed by atoms with E-state index >= 15 is 0 Å². The average molecular weight is 385 g/mol. The van der Waals surface area contributed by atoms with E-state index in [-0.39, 0.29) is 12.4 Å². The van der Waals surface area contributed by atoms with Crippen molar-refractivity contribution in [1.82, 2.24) is 9.97 Å². The fourth-order valence-electron chi connectivity index (χ4n) is 2.91. The van der Waals surface area contributed by atoms with Crippen LogP contribution in [0.5, 0.6) is 11.5 Å². The first-order valence-corrected chi connectivity index (χ1v) is 8.40. The third kappa shape index (κ3) is 3.36. The van der Waals surface area contributed by atoms with Gasteiger partial charge in [-0.1, -0.05) is 19.1 Å². The third-order valence-corrected chi connectivity index (χ3v) is 4.24. The molecule has 0 saturated carbocycles. The van der Waals surface area contributed by atoms with Gasteiger partial charge in [0.25, 0.3) is 0 Å². The van der Waals surface area contributed by atoms with Crippen molar-refractivity contribution in [2.75, 3.05) is 19.5 Å². The Kier molecular flexibility index (Phi) is 5.37. The molecule has 4 rings (SSSR count). The van der Waals surface area contributed by atoms with E-state index < -0.39 is 0 Å². The summed E-state index contributed by atoms with van der Waals surface area (Å²) in [6.45, 7) is 2.03. The molecule has 0 atom stereocenters. The molecule has 27 heavy (non-hydrogen) atoms. The van der Waals surface area contributed by atoms with Gasteiger partial charge in [0, 0.05) is 17.9 Å². The molecule has 0 radical (unpaired) electrons. The summed E-state index contributed by atoms with van der Waals surface area (Å²) in [5.41, 5.74) is 2.99. The fraction of sp³-hybridized carbons (Fsp3) is 0.200. The Hall–Kier alpha value is -2.99. The highest BCUT2D eigenvalue weighted by molar-refractivity contribution is 6.06. The van der Waals surface area contributed by atoms with Crippen molar-refractivity contribution in [2.24, 2.45) is 0 Å². The highest BCUT2D eigenvalue weighted by Crippen LogP contribution is 2.36. The van der Waals surface area contributed by atoms with Crippen LogP contribution in [0.25, 0.3) is 22.1 Å². The van der Waals surface area contributed by atoms with Gasteiger partial charge in [0.2, 0.25) is 0 Å². The summed E-state index contributed by atoms with van der Waals surface area (Å²) in [5, 5.41) is 4.30. The van der Waals surface area contributed by atoms with Gasteiger partial charge in [0.15, 0.2) is 11.4 Å². The number of benzene rings is 2. The minimum Gasteiger partial charge on any atom is -1.00 e. The van der Waals surface area contributed by atoms with Crippen LogP contribution in [0.1, 0.15) is 12.7 Å². The molecule has 0 spiro atoms. The van der Waals surface area contributed by atoms with Gasteiger partial charge in [0.05, 0.1) is 19.9 Å². The Morgan fingerprint density at radius 3 is 2.59 bits per heavy atom. The number of fused-ring (bicyclic) bond motifs is 3. The molecule has 0 unspecified atom stereocenters. The fourth-order valence-corrected chi connectivity index (χ4v) is 2.91. The molecule has 6 nitrogen and oxygen atoms in total. The molecule has 2 aromatic heterocycles. The smallest absolute Gasteiger partial charge is 0.196 e. The molecule has 2 aromatic carbocycles. The van der Waals surface area contributed by atoms with Crippen LogP contribution in [-0.4, -0.2) is 24.2 Å². The number of ether oxygens (including phenoxy) is 2. The SMILES string of the molecule is CCc1nc(Nc2ccc(OC)cc2OC)c2oc3ccccc3c2n1.[Cl-]. The molecule has 0 aliphatic rings. The highest BCUT2D eigenvalue weighted by atomic mass is 35.5. The molecule has 0 amide bonds. The summed E-state index contributed by atoms with van der Waals surface area (Å²) in [6, 6.07) is 13.4. The number of para-hydroxylation sites is 1. The van der Waals surface area contributed by atoms with E-state index in [1.165, 1.54) is 0 Å². The molecular formula is C20H19ClN3O3-. The molecule has 1 N–H and O–H groups in total. The van der Waals surface area contributed by atoms with Gasteiger partial charge in [-0.3, -0.25) is 0 Å². The van der Waals surface area contributed by atoms with Crippen LogP contribution in [0.4, 0.5) is 11.5 Å². The summed E-state index contributed by atoms with van der Waals surface area (Å²) in [6.07, 6.45) is 0.726.